The monoisotopic (exact) mass is 215 g/mol. The van der Waals surface area contributed by atoms with Gasteiger partial charge < -0.3 is 15.2 Å². The van der Waals surface area contributed by atoms with Crippen molar-refractivity contribution in [3.05, 3.63) is 0 Å². The lowest BCUT2D eigenvalue weighted by molar-refractivity contribution is -0.120. The zero-order chi connectivity index (χ0) is 11.9. The van der Waals surface area contributed by atoms with Crippen LogP contribution in [0.3, 0.4) is 0 Å². The number of ketones is 1. The minimum Gasteiger partial charge on any atom is -0.444 e. The van der Waals surface area contributed by atoms with E-state index in [1.807, 2.05) is 0 Å². The molecule has 0 bridgehead atoms. The zero-order valence-electron chi connectivity index (χ0n) is 9.46. The maximum atomic E-state index is 11.4. The van der Waals surface area contributed by atoms with Gasteiger partial charge in [0, 0.05) is 6.42 Å². The fourth-order valence-corrected chi connectivity index (χ4v) is 1.33. The molecule has 0 aliphatic heterocycles. The van der Waals surface area contributed by atoms with E-state index in [-0.39, 0.29) is 12.2 Å². The van der Waals surface area contributed by atoms with Gasteiger partial charge in [0.15, 0.2) is 5.78 Å². The maximum absolute atomic E-state index is 11.4. The van der Waals surface area contributed by atoms with Crippen molar-refractivity contribution < 1.29 is 19.4 Å². The fourth-order valence-electron chi connectivity index (χ4n) is 1.33. The Hall–Kier alpha value is -1.10. The maximum Gasteiger partial charge on any atom is 0.408 e. The van der Waals surface area contributed by atoms with Crippen LogP contribution in [-0.4, -0.2) is 34.2 Å². The third-order valence-electron chi connectivity index (χ3n) is 2.28. The third-order valence-corrected chi connectivity index (χ3v) is 2.28. The summed E-state index contributed by atoms with van der Waals surface area (Å²) in [5, 5.41) is 11.7. The first-order valence-electron chi connectivity index (χ1n) is 4.88. The number of carbonyl (C=O) groups is 2. The molecular formula is C10H17NO4. The second kappa shape index (κ2) is 3.48. The number of ether oxygens (including phenoxy) is 1. The first-order valence-corrected chi connectivity index (χ1v) is 4.88. The van der Waals surface area contributed by atoms with E-state index in [1.165, 1.54) is 6.92 Å². The molecule has 2 atom stereocenters. The minimum absolute atomic E-state index is 0.249. The van der Waals surface area contributed by atoms with Gasteiger partial charge >= 0.3 is 6.09 Å². The van der Waals surface area contributed by atoms with Crippen LogP contribution in [0.25, 0.3) is 0 Å². The molecule has 15 heavy (non-hydrogen) atoms. The number of rotatable bonds is 2. The number of hydrogen-bond acceptors (Lipinski definition) is 4. The van der Waals surface area contributed by atoms with Crippen LogP contribution in [0.2, 0.25) is 0 Å². The predicted molar refractivity (Wildman–Crippen MR) is 53.4 cm³/mol. The number of carbonyl (C=O) groups excluding carboxylic acids is 2. The van der Waals surface area contributed by atoms with E-state index in [1.54, 1.807) is 20.8 Å². The lowest BCUT2D eigenvalue weighted by Gasteiger charge is -2.22. The van der Waals surface area contributed by atoms with Crippen LogP contribution in [0.15, 0.2) is 0 Å². The molecule has 5 heteroatoms. The average molecular weight is 215 g/mol. The van der Waals surface area contributed by atoms with Gasteiger partial charge in [0.05, 0.1) is 6.10 Å². The first kappa shape index (κ1) is 12.0. The van der Waals surface area contributed by atoms with Crippen LogP contribution in [-0.2, 0) is 9.53 Å². The predicted octanol–water partition coefficient (Wildman–Crippen LogP) is 0.603. The normalized spacial score (nSPS) is 29.5. The molecule has 0 aromatic rings. The summed E-state index contributed by atoms with van der Waals surface area (Å²) < 4.78 is 5.00. The molecule has 0 unspecified atom stereocenters. The zero-order valence-corrected chi connectivity index (χ0v) is 9.46. The average Bonchev–Trinajstić information content (AvgIpc) is 2.57. The molecule has 1 amide bonds. The summed E-state index contributed by atoms with van der Waals surface area (Å²) in [6.07, 6.45) is -1.20. The molecule has 86 valence electrons. The van der Waals surface area contributed by atoms with E-state index in [4.69, 9.17) is 4.74 Å². The summed E-state index contributed by atoms with van der Waals surface area (Å²) in [4.78, 5) is 22.6. The van der Waals surface area contributed by atoms with Crippen molar-refractivity contribution in [2.45, 2.75) is 51.4 Å². The molecule has 1 aliphatic rings. The lowest BCUT2D eigenvalue weighted by atomic mass is 10.2. The summed E-state index contributed by atoms with van der Waals surface area (Å²) in [6.45, 7) is 6.54. The van der Waals surface area contributed by atoms with Crippen LogP contribution in [0.5, 0.6) is 0 Å². The number of alkyl carbamates (subject to hydrolysis) is 1. The second-order valence-corrected chi connectivity index (χ2v) is 4.87. The van der Waals surface area contributed by atoms with Gasteiger partial charge in [-0.2, -0.15) is 0 Å². The van der Waals surface area contributed by atoms with Gasteiger partial charge in [-0.15, -0.1) is 0 Å². The van der Waals surface area contributed by atoms with E-state index in [9.17, 15) is 14.7 Å². The van der Waals surface area contributed by atoms with Crippen molar-refractivity contribution in [1.82, 2.24) is 5.32 Å². The number of aliphatic hydroxyl groups excluding tert-OH is 1. The van der Waals surface area contributed by atoms with E-state index in [0.29, 0.717) is 0 Å². The SMILES string of the molecule is CC(=O)[C@@]1(NC(=O)OC(C)(C)C)C[C@H]1O. The van der Waals surface area contributed by atoms with Crippen LogP contribution in [0.1, 0.15) is 34.1 Å². The molecule has 1 aliphatic carbocycles. The van der Waals surface area contributed by atoms with E-state index in [2.05, 4.69) is 5.32 Å². The van der Waals surface area contributed by atoms with E-state index in [0.717, 1.165) is 0 Å². The van der Waals surface area contributed by atoms with Gasteiger partial charge in [0.1, 0.15) is 11.1 Å². The number of nitrogens with one attached hydrogen (secondary N) is 1. The molecule has 0 heterocycles. The number of hydrogen-bond donors (Lipinski definition) is 2. The van der Waals surface area contributed by atoms with Crippen LogP contribution in [0.4, 0.5) is 4.79 Å². The van der Waals surface area contributed by atoms with Gasteiger partial charge in [-0.05, 0) is 27.7 Å². The Balaban J connectivity index is 2.56. The van der Waals surface area contributed by atoms with Gasteiger partial charge in [0.2, 0.25) is 0 Å². The van der Waals surface area contributed by atoms with Crippen molar-refractivity contribution in [3.63, 3.8) is 0 Å². The summed E-state index contributed by atoms with van der Waals surface area (Å²) in [7, 11) is 0. The number of Topliss-reactive ketones (excluding diaryl/α,β-unsaturated/α-hetero) is 1. The Morgan fingerprint density at radius 1 is 1.47 bits per heavy atom. The molecular weight excluding hydrogens is 198 g/mol. The Kier molecular flexibility index (Phi) is 2.78. The Labute approximate surface area is 88.8 Å². The highest BCUT2D eigenvalue weighted by molar-refractivity contribution is 5.94. The van der Waals surface area contributed by atoms with Gasteiger partial charge in [-0.3, -0.25) is 4.79 Å². The number of aliphatic hydroxyl groups is 1. The highest BCUT2D eigenvalue weighted by atomic mass is 16.6. The molecule has 1 rings (SSSR count). The summed E-state index contributed by atoms with van der Waals surface area (Å²) in [5.74, 6) is -0.249. The van der Waals surface area contributed by atoms with Crippen molar-refractivity contribution in [1.29, 1.82) is 0 Å². The van der Waals surface area contributed by atoms with Gasteiger partial charge in [0.25, 0.3) is 0 Å². The highest BCUT2D eigenvalue weighted by Crippen LogP contribution is 2.37. The summed E-state index contributed by atoms with van der Waals surface area (Å²) in [6, 6.07) is 0. The summed E-state index contributed by atoms with van der Waals surface area (Å²) in [5.41, 5.74) is -1.72. The molecule has 0 saturated heterocycles. The van der Waals surface area contributed by atoms with Crippen LogP contribution >= 0.6 is 0 Å². The molecule has 0 aromatic heterocycles. The van der Waals surface area contributed by atoms with E-state index < -0.39 is 23.3 Å². The standard InChI is InChI=1S/C10H17NO4/c1-6(12)10(5-7(10)13)11-8(14)15-9(2,3)4/h7,13H,5H2,1-4H3,(H,11,14)/t7-,10+/m1/s1. The Morgan fingerprint density at radius 3 is 2.20 bits per heavy atom. The molecule has 1 fully saturated rings. The molecule has 0 radical (unpaired) electrons. The molecule has 1 saturated carbocycles. The Bertz CT molecular complexity index is 294. The first-order chi connectivity index (χ1) is 6.67. The largest absolute Gasteiger partial charge is 0.444 e. The third kappa shape index (κ3) is 2.68. The molecule has 0 spiro atoms. The van der Waals surface area contributed by atoms with Crippen molar-refractivity contribution in [2.75, 3.05) is 0 Å². The van der Waals surface area contributed by atoms with Crippen LogP contribution in [0, 0.1) is 0 Å². The second-order valence-electron chi connectivity index (χ2n) is 4.87. The van der Waals surface area contributed by atoms with Gasteiger partial charge in [-0.1, -0.05) is 0 Å². The van der Waals surface area contributed by atoms with Crippen molar-refractivity contribution >= 4 is 11.9 Å². The quantitative estimate of drug-likeness (QED) is 0.707. The molecule has 5 nitrogen and oxygen atoms in total. The van der Waals surface area contributed by atoms with Crippen molar-refractivity contribution in [3.8, 4) is 0 Å². The Morgan fingerprint density at radius 2 is 1.93 bits per heavy atom. The lowest BCUT2D eigenvalue weighted by Crippen LogP contribution is -2.47. The topological polar surface area (TPSA) is 75.6 Å². The molecule has 2 N–H and O–H groups in total. The smallest absolute Gasteiger partial charge is 0.408 e. The van der Waals surface area contributed by atoms with Gasteiger partial charge in [-0.25, -0.2) is 4.79 Å². The van der Waals surface area contributed by atoms with E-state index >= 15 is 0 Å². The fraction of sp³-hybridized carbons (Fsp3) is 0.800. The van der Waals surface area contributed by atoms with Crippen molar-refractivity contribution in [2.24, 2.45) is 0 Å². The highest BCUT2D eigenvalue weighted by Gasteiger charge is 2.59. The summed E-state index contributed by atoms with van der Waals surface area (Å²) >= 11 is 0. The minimum atomic E-state index is -1.11. The van der Waals surface area contributed by atoms with Crippen LogP contribution < -0.4 is 5.32 Å². The number of amides is 1. The molecule has 0 aromatic carbocycles.